The van der Waals surface area contributed by atoms with Crippen LogP contribution in [0.5, 0.6) is 0 Å². The van der Waals surface area contributed by atoms with Crippen LogP contribution in [0.3, 0.4) is 0 Å². The third kappa shape index (κ3) is 4.80. The molecule has 1 N–H and O–H groups in total. The third-order valence-electron chi connectivity index (χ3n) is 6.66. The van der Waals surface area contributed by atoms with Crippen molar-refractivity contribution in [2.45, 2.75) is 13.3 Å². The van der Waals surface area contributed by atoms with Gasteiger partial charge in [0.25, 0.3) is 5.91 Å². The number of benzene rings is 2. The first-order valence-electron chi connectivity index (χ1n) is 12.0. The first-order chi connectivity index (χ1) is 17.9. The summed E-state index contributed by atoms with van der Waals surface area (Å²) in [5.41, 5.74) is 5.24. The fourth-order valence-corrected chi connectivity index (χ4v) is 4.88. The van der Waals surface area contributed by atoms with Gasteiger partial charge in [-0.1, -0.05) is 36.4 Å². The predicted octanol–water partition coefficient (Wildman–Crippen LogP) is 5.77. The lowest BCUT2D eigenvalue weighted by molar-refractivity contribution is -0.114. The number of aryl methyl sites for hydroxylation is 1. The van der Waals surface area contributed by atoms with Crippen LogP contribution in [0.1, 0.15) is 21.5 Å². The molecule has 1 fully saturated rings. The van der Waals surface area contributed by atoms with Crippen molar-refractivity contribution in [3.05, 3.63) is 88.8 Å². The molecular formula is C29H25ClFN3O3. The minimum Gasteiger partial charge on any atom is -0.378 e. The standard InChI is InChI=1S/C29H25ClFN3O3/c1-3-21(35)15-20-14-18(5-4-17(20)2)25-26-23(30)8-9-32-28(26)33-27(25)19-6-7-24(31)22(16-19)29(36)34-10-12-37-13-11-34/h3-9,14,16H,1,10-13,15H2,2H3,(H,32,33). The number of aromatic amines is 1. The zero-order chi connectivity index (χ0) is 26.1. The molecule has 3 heterocycles. The van der Waals surface area contributed by atoms with Gasteiger partial charge in [-0.25, -0.2) is 9.37 Å². The van der Waals surface area contributed by atoms with Crippen LogP contribution < -0.4 is 0 Å². The van der Waals surface area contributed by atoms with Crippen LogP contribution in [0, 0.1) is 12.7 Å². The maximum Gasteiger partial charge on any atom is 0.257 e. The van der Waals surface area contributed by atoms with Crippen molar-refractivity contribution in [2.24, 2.45) is 0 Å². The van der Waals surface area contributed by atoms with E-state index >= 15 is 0 Å². The van der Waals surface area contributed by atoms with Crippen LogP contribution in [0.25, 0.3) is 33.4 Å². The summed E-state index contributed by atoms with van der Waals surface area (Å²) in [6.45, 7) is 7.20. The summed E-state index contributed by atoms with van der Waals surface area (Å²) >= 11 is 6.64. The number of ketones is 1. The predicted molar refractivity (Wildman–Crippen MR) is 142 cm³/mol. The lowest BCUT2D eigenvalue weighted by Gasteiger charge is -2.27. The number of fused-ring (bicyclic) bond motifs is 1. The van der Waals surface area contributed by atoms with Crippen molar-refractivity contribution in [3.63, 3.8) is 0 Å². The fourth-order valence-electron chi connectivity index (χ4n) is 4.64. The van der Waals surface area contributed by atoms with E-state index in [1.54, 1.807) is 29.3 Å². The second-order valence-corrected chi connectivity index (χ2v) is 9.39. The molecule has 1 aliphatic heterocycles. The van der Waals surface area contributed by atoms with E-state index in [0.29, 0.717) is 53.6 Å². The lowest BCUT2D eigenvalue weighted by atomic mass is 9.93. The zero-order valence-corrected chi connectivity index (χ0v) is 21.1. The van der Waals surface area contributed by atoms with Gasteiger partial charge in [0.05, 0.1) is 29.5 Å². The molecule has 2 aromatic carbocycles. The number of rotatable bonds is 6. The number of ether oxygens (including phenoxy) is 1. The van der Waals surface area contributed by atoms with E-state index < -0.39 is 5.82 Å². The largest absolute Gasteiger partial charge is 0.378 e. The number of morpholine rings is 1. The topological polar surface area (TPSA) is 75.3 Å². The number of H-pyrrole nitrogens is 1. The molecule has 1 saturated heterocycles. The zero-order valence-electron chi connectivity index (χ0n) is 20.3. The molecule has 188 valence electrons. The number of allylic oxidation sites excluding steroid dienone is 1. The Balaban J connectivity index is 1.68. The number of nitrogens with zero attached hydrogens (tertiary/aromatic N) is 2. The number of amides is 1. The molecular weight excluding hydrogens is 493 g/mol. The summed E-state index contributed by atoms with van der Waals surface area (Å²) in [7, 11) is 0. The minimum absolute atomic E-state index is 0.00997. The molecule has 0 aliphatic carbocycles. The van der Waals surface area contributed by atoms with Crippen LogP contribution in [-0.4, -0.2) is 52.9 Å². The van der Waals surface area contributed by atoms with Gasteiger partial charge in [0.1, 0.15) is 11.5 Å². The number of halogens is 2. The van der Waals surface area contributed by atoms with Crippen molar-refractivity contribution < 1.29 is 18.7 Å². The quantitative estimate of drug-likeness (QED) is 0.330. The number of nitrogens with one attached hydrogen (secondary N) is 1. The van der Waals surface area contributed by atoms with Crippen molar-refractivity contribution in [3.8, 4) is 22.4 Å². The van der Waals surface area contributed by atoms with E-state index in [4.69, 9.17) is 16.3 Å². The normalized spacial score (nSPS) is 13.6. The Kier molecular flexibility index (Phi) is 6.91. The second kappa shape index (κ2) is 10.3. The number of aromatic nitrogens is 2. The molecule has 1 amide bonds. The highest BCUT2D eigenvalue weighted by atomic mass is 35.5. The summed E-state index contributed by atoms with van der Waals surface area (Å²) in [5.74, 6) is -1.05. The molecule has 1 aliphatic rings. The van der Waals surface area contributed by atoms with Gasteiger partial charge in [-0.05, 0) is 59.5 Å². The number of hydrogen-bond acceptors (Lipinski definition) is 4. The van der Waals surface area contributed by atoms with Gasteiger partial charge in [0.15, 0.2) is 5.78 Å². The first-order valence-corrected chi connectivity index (χ1v) is 12.3. The maximum absolute atomic E-state index is 14.9. The summed E-state index contributed by atoms with van der Waals surface area (Å²) in [6.07, 6.45) is 3.15. The molecule has 6 nitrogen and oxygen atoms in total. The average Bonchev–Trinajstić information content (AvgIpc) is 3.31. The third-order valence-corrected chi connectivity index (χ3v) is 6.97. The van der Waals surface area contributed by atoms with E-state index in [-0.39, 0.29) is 23.7 Å². The highest BCUT2D eigenvalue weighted by Crippen LogP contribution is 2.41. The molecule has 0 spiro atoms. The number of carbonyl (C=O) groups excluding carboxylic acids is 2. The van der Waals surface area contributed by atoms with Crippen molar-refractivity contribution >= 4 is 34.3 Å². The summed E-state index contributed by atoms with van der Waals surface area (Å²) < 4.78 is 20.2. The van der Waals surface area contributed by atoms with E-state index in [0.717, 1.165) is 22.3 Å². The van der Waals surface area contributed by atoms with Gasteiger partial charge in [-0.15, -0.1) is 0 Å². The van der Waals surface area contributed by atoms with E-state index in [1.807, 2.05) is 25.1 Å². The number of pyridine rings is 1. The molecule has 0 unspecified atom stereocenters. The van der Waals surface area contributed by atoms with Crippen LogP contribution >= 0.6 is 11.6 Å². The van der Waals surface area contributed by atoms with Gasteiger partial charge >= 0.3 is 0 Å². The Labute approximate surface area is 218 Å². The van der Waals surface area contributed by atoms with Gasteiger partial charge in [0.2, 0.25) is 0 Å². The smallest absolute Gasteiger partial charge is 0.257 e. The van der Waals surface area contributed by atoms with Crippen molar-refractivity contribution in [1.29, 1.82) is 0 Å². The molecule has 4 aromatic rings. The van der Waals surface area contributed by atoms with Crippen molar-refractivity contribution in [2.75, 3.05) is 26.3 Å². The van der Waals surface area contributed by atoms with Crippen LogP contribution in [0.15, 0.2) is 61.3 Å². The van der Waals surface area contributed by atoms with Crippen LogP contribution in [0.4, 0.5) is 4.39 Å². The lowest BCUT2D eigenvalue weighted by Crippen LogP contribution is -2.41. The maximum atomic E-state index is 14.9. The Morgan fingerprint density at radius 2 is 1.92 bits per heavy atom. The summed E-state index contributed by atoms with van der Waals surface area (Å²) in [4.78, 5) is 34.6. The molecule has 0 radical (unpaired) electrons. The summed E-state index contributed by atoms with van der Waals surface area (Å²) in [6, 6.07) is 12.1. The molecule has 2 aromatic heterocycles. The van der Waals surface area contributed by atoms with E-state index in [2.05, 4.69) is 16.5 Å². The molecule has 0 bridgehead atoms. The Morgan fingerprint density at radius 3 is 2.68 bits per heavy atom. The molecule has 5 rings (SSSR count). The second-order valence-electron chi connectivity index (χ2n) is 8.98. The van der Waals surface area contributed by atoms with Crippen LogP contribution in [0.2, 0.25) is 5.02 Å². The van der Waals surface area contributed by atoms with Gasteiger partial charge < -0.3 is 14.6 Å². The Morgan fingerprint density at radius 1 is 1.16 bits per heavy atom. The monoisotopic (exact) mass is 517 g/mol. The Bertz CT molecular complexity index is 1540. The first kappa shape index (κ1) is 24.9. The molecule has 8 heteroatoms. The SMILES string of the molecule is C=CC(=O)Cc1cc(-c2c(-c3ccc(F)c(C(=O)N4CCOCC4)c3)[nH]c3nccc(Cl)c23)ccc1C. The molecule has 0 saturated carbocycles. The minimum atomic E-state index is -0.588. The van der Waals surface area contributed by atoms with E-state index in [1.165, 1.54) is 12.1 Å². The Hall–Kier alpha value is -3.81. The number of hydrogen-bond donors (Lipinski definition) is 1. The number of carbonyl (C=O) groups is 2. The summed E-state index contributed by atoms with van der Waals surface area (Å²) in [5, 5.41) is 1.20. The van der Waals surface area contributed by atoms with Gasteiger partial charge in [-0.2, -0.15) is 0 Å². The van der Waals surface area contributed by atoms with E-state index in [9.17, 15) is 14.0 Å². The molecule has 37 heavy (non-hydrogen) atoms. The van der Waals surface area contributed by atoms with Gasteiger partial charge in [0, 0.05) is 36.7 Å². The molecule has 0 atom stereocenters. The van der Waals surface area contributed by atoms with Gasteiger partial charge in [-0.3, -0.25) is 9.59 Å². The highest BCUT2D eigenvalue weighted by molar-refractivity contribution is 6.36. The highest BCUT2D eigenvalue weighted by Gasteiger charge is 2.24. The average molecular weight is 518 g/mol. The van der Waals surface area contributed by atoms with Crippen molar-refractivity contribution in [1.82, 2.24) is 14.9 Å². The fraction of sp³-hybridized carbons (Fsp3) is 0.207. The van der Waals surface area contributed by atoms with Crippen LogP contribution in [-0.2, 0) is 16.0 Å².